The van der Waals surface area contributed by atoms with Crippen molar-refractivity contribution in [3.63, 3.8) is 0 Å². The van der Waals surface area contributed by atoms with Crippen molar-refractivity contribution in [2.75, 3.05) is 11.9 Å². The van der Waals surface area contributed by atoms with E-state index in [0.717, 1.165) is 16.5 Å². The molecule has 0 radical (unpaired) electrons. The molecule has 100 valence electrons. The zero-order valence-corrected chi connectivity index (χ0v) is 12.6. The Morgan fingerprint density at radius 2 is 2.11 bits per heavy atom. The van der Waals surface area contributed by atoms with Gasteiger partial charge in [-0.3, -0.25) is 0 Å². The van der Waals surface area contributed by atoms with Gasteiger partial charge in [0.05, 0.1) is 0 Å². The lowest BCUT2D eigenvalue weighted by molar-refractivity contribution is 0.336. The van der Waals surface area contributed by atoms with Crippen LogP contribution in [0.5, 0.6) is 0 Å². The molecule has 0 aliphatic heterocycles. The lowest BCUT2D eigenvalue weighted by Gasteiger charge is -2.36. The normalized spacial score (nSPS) is 24.0. The van der Waals surface area contributed by atoms with Gasteiger partial charge in [-0.05, 0) is 42.5 Å². The molecule has 1 nitrogen and oxygen atoms in total. The van der Waals surface area contributed by atoms with Crippen molar-refractivity contribution in [1.29, 1.82) is 0 Å². The largest absolute Gasteiger partial charge is 0.371 e. The van der Waals surface area contributed by atoms with Crippen LogP contribution >= 0.6 is 23.2 Å². The molecule has 0 heterocycles. The molecule has 0 bridgehead atoms. The van der Waals surface area contributed by atoms with Crippen LogP contribution in [-0.2, 0) is 5.88 Å². The monoisotopic (exact) mass is 285 g/mol. The molecule has 2 atom stereocenters. The number of benzene rings is 1. The summed E-state index contributed by atoms with van der Waals surface area (Å²) in [7, 11) is 2.18. The molecule has 1 aliphatic rings. The Bertz CT molecular complexity index is 405. The van der Waals surface area contributed by atoms with Gasteiger partial charge < -0.3 is 4.90 Å². The van der Waals surface area contributed by atoms with Crippen molar-refractivity contribution in [2.24, 2.45) is 5.92 Å². The van der Waals surface area contributed by atoms with E-state index < -0.39 is 0 Å². The third-order valence-corrected chi connectivity index (χ3v) is 4.54. The lowest BCUT2D eigenvalue weighted by atomic mass is 9.86. The van der Waals surface area contributed by atoms with E-state index in [1.165, 1.54) is 31.4 Å². The van der Waals surface area contributed by atoms with Gasteiger partial charge >= 0.3 is 0 Å². The minimum atomic E-state index is 0.516. The highest BCUT2D eigenvalue weighted by molar-refractivity contribution is 6.30. The minimum absolute atomic E-state index is 0.516. The average Bonchev–Trinajstić information content (AvgIpc) is 2.37. The predicted molar refractivity (Wildman–Crippen MR) is 80.8 cm³/mol. The van der Waals surface area contributed by atoms with Gasteiger partial charge in [0.15, 0.2) is 0 Å². The number of rotatable bonds is 3. The molecule has 1 fully saturated rings. The molecule has 0 spiro atoms. The second-order valence-corrected chi connectivity index (χ2v) is 6.15. The Hall–Kier alpha value is -0.400. The van der Waals surface area contributed by atoms with Crippen molar-refractivity contribution in [2.45, 2.75) is 44.5 Å². The van der Waals surface area contributed by atoms with Crippen LogP contribution in [0, 0.1) is 5.92 Å². The Kier molecular flexibility index (Phi) is 4.80. The summed E-state index contributed by atoms with van der Waals surface area (Å²) in [6, 6.07) is 6.67. The molecule has 0 amide bonds. The van der Waals surface area contributed by atoms with E-state index >= 15 is 0 Å². The van der Waals surface area contributed by atoms with Gasteiger partial charge in [-0.25, -0.2) is 0 Å². The zero-order chi connectivity index (χ0) is 13.1. The molecular weight excluding hydrogens is 265 g/mol. The maximum Gasteiger partial charge on any atom is 0.0495 e. The Morgan fingerprint density at radius 1 is 1.33 bits per heavy atom. The fourth-order valence-corrected chi connectivity index (χ4v) is 3.36. The molecule has 3 heteroatoms. The van der Waals surface area contributed by atoms with E-state index in [-0.39, 0.29) is 0 Å². The van der Waals surface area contributed by atoms with E-state index in [1.807, 2.05) is 12.1 Å². The third-order valence-electron chi connectivity index (χ3n) is 4.02. The quantitative estimate of drug-likeness (QED) is 0.699. The first-order chi connectivity index (χ1) is 8.61. The molecule has 1 saturated carbocycles. The van der Waals surface area contributed by atoms with E-state index in [1.54, 1.807) is 0 Å². The third kappa shape index (κ3) is 3.13. The van der Waals surface area contributed by atoms with Crippen LogP contribution in [0.1, 0.15) is 38.2 Å². The van der Waals surface area contributed by atoms with Crippen LogP contribution in [0.25, 0.3) is 0 Å². The smallest absolute Gasteiger partial charge is 0.0495 e. The Morgan fingerprint density at radius 3 is 2.78 bits per heavy atom. The number of alkyl halides is 1. The fourth-order valence-electron chi connectivity index (χ4n) is 2.96. The number of hydrogen-bond donors (Lipinski definition) is 0. The molecular formula is C15H21Cl2N. The molecule has 0 saturated heterocycles. The van der Waals surface area contributed by atoms with Crippen LogP contribution in [0.2, 0.25) is 5.02 Å². The first kappa shape index (κ1) is 14.0. The van der Waals surface area contributed by atoms with Gasteiger partial charge in [0, 0.05) is 29.7 Å². The summed E-state index contributed by atoms with van der Waals surface area (Å²) in [5.74, 6) is 1.35. The highest BCUT2D eigenvalue weighted by atomic mass is 35.5. The van der Waals surface area contributed by atoms with Crippen molar-refractivity contribution in [3.05, 3.63) is 28.8 Å². The SMILES string of the molecule is CC1CCCC(N(C)c2ccc(Cl)cc2CCl)C1. The van der Waals surface area contributed by atoms with E-state index in [0.29, 0.717) is 11.9 Å². The van der Waals surface area contributed by atoms with Crippen LogP contribution in [0.3, 0.4) is 0 Å². The van der Waals surface area contributed by atoms with Crippen molar-refractivity contribution >= 4 is 28.9 Å². The van der Waals surface area contributed by atoms with Gasteiger partial charge in [-0.2, -0.15) is 0 Å². The van der Waals surface area contributed by atoms with Crippen molar-refractivity contribution < 1.29 is 0 Å². The van der Waals surface area contributed by atoms with E-state index in [4.69, 9.17) is 23.2 Å². The van der Waals surface area contributed by atoms with Gasteiger partial charge in [0.25, 0.3) is 0 Å². The average molecular weight is 286 g/mol. The summed E-state index contributed by atoms with van der Waals surface area (Å²) < 4.78 is 0. The van der Waals surface area contributed by atoms with Crippen LogP contribution in [0.15, 0.2) is 18.2 Å². The van der Waals surface area contributed by atoms with E-state index in [9.17, 15) is 0 Å². The second kappa shape index (κ2) is 6.16. The van der Waals surface area contributed by atoms with Crippen LogP contribution in [0.4, 0.5) is 5.69 Å². The lowest BCUT2D eigenvalue weighted by Crippen LogP contribution is -2.36. The first-order valence-electron chi connectivity index (χ1n) is 6.69. The summed E-state index contributed by atoms with van der Waals surface area (Å²) in [5, 5.41) is 0.764. The van der Waals surface area contributed by atoms with Gasteiger partial charge in [0.2, 0.25) is 0 Å². The molecule has 18 heavy (non-hydrogen) atoms. The molecule has 1 aliphatic carbocycles. The summed E-state index contributed by atoms with van der Waals surface area (Å²) in [6.07, 6.45) is 5.26. The molecule has 0 aromatic heterocycles. The molecule has 1 aromatic carbocycles. The molecule has 2 rings (SSSR count). The number of anilines is 1. The maximum atomic E-state index is 6.03. The van der Waals surface area contributed by atoms with Crippen molar-refractivity contribution in [3.8, 4) is 0 Å². The summed E-state index contributed by atoms with van der Waals surface area (Å²) in [5.41, 5.74) is 2.36. The topological polar surface area (TPSA) is 3.24 Å². The number of halogens is 2. The van der Waals surface area contributed by atoms with E-state index in [2.05, 4.69) is 24.9 Å². The molecule has 2 unspecified atom stereocenters. The summed E-state index contributed by atoms with van der Waals surface area (Å²) in [4.78, 5) is 2.39. The highest BCUT2D eigenvalue weighted by Crippen LogP contribution is 2.32. The second-order valence-electron chi connectivity index (χ2n) is 5.44. The van der Waals surface area contributed by atoms with Crippen molar-refractivity contribution in [1.82, 2.24) is 0 Å². The molecule has 0 N–H and O–H groups in total. The minimum Gasteiger partial charge on any atom is -0.371 e. The van der Waals surface area contributed by atoms with Crippen LogP contribution < -0.4 is 4.90 Å². The summed E-state index contributed by atoms with van der Waals surface area (Å²) >= 11 is 12.1. The Labute approximate surface area is 120 Å². The standard InChI is InChI=1S/C15H21Cl2N/c1-11-4-3-5-14(8-11)18(2)15-7-6-13(17)9-12(15)10-16/h6-7,9,11,14H,3-5,8,10H2,1-2H3. The fraction of sp³-hybridized carbons (Fsp3) is 0.600. The maximum absolute atomic E-state index is 6.03. The first-order valence-corrected chi connectivity index (χ1v) is 7.60. The highest BCUT2D eigenvalue weighted by Gasteiger charge is 2.23. The summed E-state index contributed by atoms with van der Waals surface area (Å²) in [6.45, 7) is 2.35. The van der Waals surface area contributed by atoms with Gasteiger partial charge in [-0.1, -0.05) is 31.4 Å². The van der Waals surface area contributed by atoms with Gasteiger partial charge in [-0.15, -0.1) is 11.6 Å². The zero-order valence-electron chi connectivity index (χ0n) is 11.1. The number of hydrogen-bond acceptors (Lipinski definition) is 1. The molecule has 1 aromatic rings. The predicted octanol–water partition coefficient (Wildman–Crippen LogP) is 5.09. The number of nitrogens with zero attached hydrogens (tertiary/aromatic N) is 1. The Balaban J connectivity index is 2.19. The van der Waals surface area contributed by atoms with Gasteiger partial charge in [0.1, 0.15) is 0 Å². The van der Waals surface area contributed by atoms with Crippen LogP contribution in [-0.4, -0.2) is 13.1 Å².